The van der Waals surface area contributed by atoms with Crippen LogP contribution in [0.3, 0.4) is 0 Å². The number of carbonyl (C=O) groups excluding carboxylic acids is 1. The summed E-state index contributed by atoms with van der Waals surface area (Å²) in [6, 6.07) is 7.73. The lowest BCUT2D eigenvalue weighted by Gasteiger charge is -2.31. The number of nitrogen functional groups attached to an aromatic ring is 1. The maximum absolute atomic E-state index is 11.9. The van der Waals surface area contributed by atoms with Gasteiger partial charge in [-0.05, 0) is 45.4 Å². The summed E-state index contributed by atoms with van der Waals surface area (Å²) >= 11 is 0. The van der Waals surface area contributed by atoms with E-state index in [0.29, 0.717) is 13.2 Å². The number of rotatable bonds is 6. The molecule has 4 nitrogen and oxygen atoms in total. The Bertz CT molecular complexity index is 418. The Morgan fingerprint density at radius 1 is 1.37 bits per heavy atom. The minimum Gasteiger partial charge on any atom is -0.465 e. The molecule has 1 aromatic rings. The first-order valence-corrected chi connectivity index (χ1v) is 6.72. The number of nitrogens with two attached hydrogens (primary N) is 1. The van der Waals surface area contributed by atoms with Gasteiger partial charge in [0.2, 0.25) is 0 Å². The van der Waals surface area contributed by atoms with Gasteiger partial charge in [0.25, 0.3) is 0 Å². The van der Waals surface area contributed by atoms with Gasteiger partial charge in [-0.1, -0.05) is 12.1 Å². The van der Waals surface area contributed by atoms with E-state index in [4.69, 9.17) is 10.5 Å². The van der Waals surface area contributed by atoms with E-state index in [-0.39, 0.29) is 18.1 Å². The third-order valence-electron chi connectivity index (χ3n) is 3.10. The Morgan fingerprint density at radius 3 is 2.58 bits per heavy atom. The number of hydrogen-bond donors (Lipinski definition) is 1. The fourth-order valence-corrected chi connectivity index (χ4v) is 2.07. The lowest BCUT2D eigenvalue weighted by atomic mass is 10.1. The third-order valence-corrected chi connectivity index (χ3v) is 3.10. The first-order chi connectivity index (χ1) is 8.95. The van der Waals surface area contributed by atoms with E-state index < -0.39 is 0 Å². The highest BCUT2D eigenvalue weighted by Gasteiger charge is 2.24. The molecule has 1 rings (SSSR count). The summed E-state index contributed by atoms with van der Waals surface area (Å²) in [5.74, 6) is -0.180. The molecule has 1 unspecified atom stereocenters. The number of hydrogen-bond acceptors (Lipinski definition) is 4. The SMILES string of the molecule is CCOC(=O)C(C)N(Cc1cccc(N)c1)C(C)C. The molecule has 0 saturated carbocycles. The molecule has 0 aliphatic carbocycles. The van der Waals surface area contributed by atoms with Gasteiger partial charge in [-0.15, -0.1) is 0 Å². The molecule has 106 valence electrons. The highest BCUT2D eigenvalue weighted by molar-refractivity contribution is 5.75. The maximum atomic E-state index is 11.9. The van der Waals surface area contributed by atoms with Crippen molar-refractivity contribution < 1.29 is 9.53 Å². The molecule has 0 aromatic heterocycles. The van der Waals surface area contributed by atoms with Gasteiger partial charge in [-0.25, -0.2) is 0 Å². The van der Waals surface area contributed by atoms with E-state index >= 15 is 0 Å². The Hall–Kier alpha value is -1.55. The number of esters is 1. The molecule has 0 aliphatic rings. The number of nitrogens with zero attached hydrogens (tertiary/aromatic N) is 1. The fraction of sp³-hybridized carbons (Fsp3) is 0.533. The molecule has 1 aromatic carbocycles. The monoisotopic (exact) mass is 264 g/mol. The lowest BCUT2D eigenvalue weighted by Crippen LogP contribution is -2.43. The van der Waals surface area contributed by atoms with Crippen molar-refractivity contribution in [2.24, 2.45) is 0 Å². The van der Waals surface area contributed by atoms with Crippen molar-refractivity contribution in [1.29, 1.82) is 0 Å². The van der Waals surface area contributed by atoms with Crippen molar-refractivity contribution in [1.82, 2.24) is 4.90 Å². The first kappa shape index (κ1) is 15.5. The highest BCUT2D eigenvalue weighted by atomic mass is 16.5. The fourth-order valence-electron chi connectivity index (χ4n) is 2.07. The predicted octanol–water partition coefficient (Wildman–Crippen LogP) is 2.43. The average Bonchev–Trinajstić information content (AvgIpc) is 2.35. The van der Waals surface area contributed by atoms with Gasteiger partial charge in [0.15, 0.2) is 0 Å². The molecule has 0 aliphatic heterocycles. The van der Waals surface area contributed by atoms with E-state index in [1.54, 1.807) is 0 Å². The molecule has 0 spiro atoms. The molecule has 0 bridgehead atoms. The molecule has 1 atom stereocenters. The molecule has 0 radical (unpaired) electrons. The van der Waals surface area contributed by atoms with Crippen LogP contribution in [-0.2, 0) is 16.1 Å². The van der Waals surface area contributed by atoms with Gasteiger partial charge in [-0.3, -0.25) is 9.69 Å². The number of carbonyl (C=O) groups is 1. The Morgan fingerprint density at radius 2 is 2.05 bits per heavy atom. The van der Waals surface area contributed by atoms with Crippen LogP contribution in [0.5, 0.6) is 0 Å². The molecule has 0 heterocycles. The molecule has 19 heavy (non-hydrogen) atoms. The zero-order chi connectivity index (χ0) is 14.4. The Labute approximate surface area is 115 Å². The van der Waals surface area contributed by atoms with Crippen molar-refractivity contribution in [3.05, 3.63) is 29.8 Å². The molecule has 0 fully saturated rings. The maximum Gasteiger partial charge on any atom is 0.323 e. The third kappa shape index (κ3) is 4.56. The summed E-state index contributed by atoms with van der Waals surface area (Å²) in [7, 11) is 0. The van der Waals surface area contributed by atoms with E-state index in [1.165, 1.54) is 0 Å². The topological polar surface area (TPSA) is 55.6 Å². The smallest absolute Gasteiger partial charge is 0.323 e. The molecule has 0 amide bonds. The van der Waals surface area contributed by atoms with Gasteiger partial charge in [0.1, 0.15) is 6.04 Å². The lowest BCUT2D eigenvalue weighted by molar-refractivity contribution is -0.149. The number of anilines is 1. The van der Waals surface area contributed by atoms with Gasteiger partial charge in [-0.2, -0.15) is 0 Å². The summed E-state index contributed by atoms with van der Waals surface area (Å²) in [6.45, 7) is 8.94. The van der Waals surface area contributed by atoms with Crippen molar-refractivity contribution in [2.75, 3.05) is 12.3 Å². The summed E-state index contributed by atoms with van der Waals surface area (Å²) in [4.78, 5) is 14.0. The summed E-state index contributed by atoms with van der Waals surface area (Å²) in [6.07, 6.45) is 0. The minimum absolute atomic E-state index is 0.180. The Kier molecular flexibility index (Phi) is 5.83. The van der Waals surface area contributed by atoms with Crippen molar-refractivity contribution in [2.45, 2.75) is 46.3 Å². The normalized spacial score (nSPS) is 12.7. The molecular formula is C15H24N2O2. The zero-order valence-electron chi connectivity index (χ0n) is 12.2. The largest absolute Gasteiger partial charge is 0.465 e. The van der Waals surface area contributed by atoms with Crippen LogP contribution in [0.2, 0.25) is 0 Å². The van der Waals surface area contributed by atoms with Gasteiger partial charge >= 0.3 is 5.97 Å². The number of benzene rings is 1. The van der Waals surface area contributed by atoms with E-state index in [2.05, 4.69) is 18.7 Å². The van der Waals surface area contributed by atoms with E-state index in [0.717, 1.165) is 11.3 Å². The van der Waals surface area contributed by atoms with Gasteiger partial charge in [0.05, 0.1) is 6.61 Å². The minimum atomic E-state index is -0.263. The molecule has 2 N–H and O–H groups in total. The van der Waals surface area contributed by atoms with Crippen molar-refractivity contribution in [3.63, 3.8) is 0 Å². The standard InChI is InChI=1S/C15H24N2O2/c1-5-19-15(18)12(4)17(11(2)3)10-13-7-6-8-14(16)9-13/h6-9,11-12H,5,10,16H2,1-4H3. The van der Waals surface area contributed by atoms with Gasteiger partial charge in [0, 0.05) is 18.3 Å². The van der Waals surface area contributed by atoms with Crippen molar-refractivity contribution in [3.8, 4) is 0 Å². The second-order valence-corrected chi connectivity index (χ2v) is 4.94. The first-order valence-electron chi connectivity index (χ1n) is 6.72. The molecule has 0 saturated heterocycles. The molecule has 4 heteroatoms. The van der Waals surface area contributed by atoms with Gasteiger partial charge < -0.3 is 10.5 Å². The molecular weight excluding hydrogens is 240 g/mol. The van der Waals surface area contributed by atoms with Crippen LogP contribution >= 0.6 is 0 Å². The highest BCUT2D eigenvalue weighted by Crippen LogP contribution is 2.15. The number of ether oxygens (including phenoxy) is 1. The summed E-state index contributed by atoms with van der Waals surface area (Å²) in [5.41, 5.74) is 7.63. The van der Waals surface area contributed by atoms with Crippen LogP contribution in [0.4, 0.5) is 5.69 Å². The Balaban J connectivity index is 2.81. The van der Waals surface area contributed by atoms with Crippen LogP contribution in [0.15, 0.2) is 24.3 Å². The van der Waals surface area contributed by atoms with Crippen LogP contribution in [0, 0.1) is 0 Å². The predicted molar refractivity (Wildman–Crippen MR) is 77.6 cm³/mol. The van der Waals surface area contributed by atoms with E-state index in [9.17, 15) is 4.79 Å². The quantitative estimate of drug-likeness (QED) is 0.633. The second-order valence-electron chi connectivity index (χ2n) is 4.94. The second kappa shape index (κ2) is 7.14. The summed E-state index contributed by atoms with van der Waals surface area (Å²) < 4.78 is 5.09. The van der Waals surface area contributed by atoms with Crippen LogP contribution in [0.1, 0.15) is 33.3 Å². The van der Waals surface area contributed by atoms with Crippen LogP contribution in [0.25, 0.3) is 0 Å². The van der Waals surface area contributed by atoms with Crippen molar-refractivity contribution >= 4 is 11.7 Å². The van der Waals surface area contributed by atoms with E-state index in [1.807, 2.05) is 38.1 Å². The van der Waals surface area contributed by atoms with Crippen LogP contribution < -0.4 is 5.73 Å². The summed E-state index contributed by atoms with van der Waals surface area (Å²) in [5, 5.41) is 0. The van der Waals surface area contributed by atoms with Crippen LogP contribution in [-0.4, -0.2) is 29.6 Å². The average molecular weight is 264 g/mol. The zero-order valence-corrected chi connectivity index (χ0v) is 12.2.